The van der Waals surface area contributed by atoms with Crippen molar-refractivity contribution in [2.45, 2.75) is 6.92 Å². The zero-order valence-corrected chi connectivity index (χ0v) is 14.5. The Kier molecular flexibility index (Phi) is 4.25. The highest BCUT2D eigenvalue weighted by Gasteiger charge is 2.08. The van der Waals surface area contributed by atoms with E-state index in [1.807, 2.05) is 41.1 Å². The number of rotatable bonds is 3. The first-order valence-corrected chi connectivity index (χ1v) is 8.33. The van der Waals surface area contributed by atoms with Gasteiger partial charge in [0.2, 0.25) is 5.78 Å². The Morgan fingerprint density at radius 2 is 1.89 bits per heavy atom. The first-order valence-electron chi connectivity index (χ1n) is 8.33. The second-order valence-electron chi connectivity index (χ2n) is 6.08. The molecule has 0 saturated heterocycles. The molecule has 0 spiro atoms. The maximum atomic E-state index is 13.6. The minimum Gasteiger partial charge on any atom is -0.308 e. The molecule has 0 radical (unpaired) electrons. The lowest BCUT2D eigenvalue weighted by molar-refractivity contribution is 0.262. The number of halogens is 1. The largest absolute Gasteiger partial charge is 0.323 e. The second-order valence-corrected chi connectivity index (χ2v) is 6.08. The molecular weight excluding hydrogens is 345 g/mol. The fraction of sp³-hybridized carbons (Fsp3) is 0.0500. The van der Waals surface area contributed by atoms with Gasteiger partial charge in [0.25, 0.3) is 0 Å². The minimum absolute atomic E-state index is 0.366. The molecule has 0 aliphatic heterocycles. The van der Waals surface area contributed by atoms with Crippen LogP contribution >= 0.6 is 0 Å². The number of aryl methyl sites for hydroxylation is 1. The van der Waals surface area contributed by atoms with Gasteiger partial charge in [-0.1, -0.05) is 18.2 Å². The van der Waals surface area contributed by atoms with E-state index in [-0.39, 0.29) is 5.82 Å². The third-order valence-electron chi connectivity index (χ3n) is 4.08. The van der Waals surface area contributed by atoms with Gasteiger partial charge in [-0.15, -0.1) is 0 Å². The number of benzene rings is 2. The summed E-state index contributed by atoms with van der Waals surface area (Å²) in [6, 6.07) is 13.2. The first-order chi connectivity index (χ1) is 13.1. The van der Waals surface area contributed by atoms with Crippen LogP contribution in [0.5, 0.6) is 0 Å². The maximum absolute atomic E-state index is 13.6. The molecule has 4 rings (SSSR count). The van der Waals surface area contributed by atoms with Gasteiger partial charge in [-0.05, 0) is 42.8 Å². The standard InChI is InChI=1S/C20H16FN5O/c1-13-6-7-16(11-17(13)21)24-20(27)23-15-5-2-4-14(10-15)18-12-26-9-3-8-22-19(26)25-18/h2-12H,1H3,(H2,23,24,27). The summed E-state index contributed by atoms with van der Waals surface area (Å²) in [6.45, 7) is 1.67. The molecule has 6 nitrogen and oxygen atoms in total. The van der Waals surface area contributed by atoms with E-state index in [4.69, 9.17) is 0 Å². The lowest BCUT2D eigenvalue weighted by Crippen LogP contribution is -2.19. The Hall–Kier alpha value is -3.74. The molecule has 2 heterocycles. The molecule has 2 aromatic carbocycles. The number of fused-ring (bicyclic) bond motifs is 1. The molecule has 2 amide bonds. The van der Waals surface area contributed by atoms with Gasteiger partial charge >= 0.3 is 6.03 Å². The number of nitrogens with zero attached hydrogens (tertiary/aromatic N) is 3. The minimum atomic E-state index is -0.452. The topological polar surface area (TPSA) is 71.3 Å². The zero-order valence-electron chi connectivity index (χ0n) is 14.5. The van der Waals surface area contributed by atoms with Gasteiger partial charge in [-0.25, -0.2) is 19.2 Å². The van der Waals surface area contributed by atoms with E-state index in [9.17, 15) is 9.18 Å². The second kappa shape index (κ2) is 6.87. The molecule has 2 N–H and O–H groups in total. The number of anilines is 2. The van der Waals surface area contributed by atoms with E-state index in [0.29, 0.717) is 22.7 Å². The Morgan fingerprint density at radius 1 is 1.07 bits per heavy atom. The fourth-order valence-corrected chi connectivity index (χ4v) is 2.69. The van der Waals surface area contributed by atoms with Gasteiger partial charge in [0.15, 0.2) is 0 Å². The number of urea groups is 1. The Morgan fingerprint density at radius 3 is 2.67 bits per heavy atom. The molecule has 0 bridgehead atoms. The normalized spacial score (nSPS) is 10.7. The molecule has 0 aliphatic carbocycles. The lowest BCUT2D eigenvalue weighted by atomic mass is 10.1. The van der Waals surface area contributed by atoms with E-state index in [1.54, 1.807) is 31.3 Å². The quantitative estimate of drug-likeness (QED) is 0.565. The van der Waals surface area contributed by atoms with E-state index >= 15 is 0 Å². The molecular formula is C20H16FN5O. The van der Waals surface area contributed by atoms with Crippen molar-refractivity contribution in [3.05, 3.63) is 78.5 Å². The number of hydrogen-bond donors (Lipinski definition) is 2. The Balaban J connectivity index is 1.51. The van der Waals surface area contributed by atoms with Crippen LogP contribution < -0.4 is 10.6 Å². The van der Waals surface area contributed by atoms with Crippen LogP contribution in [0.15, 0.2) is 67.1 Å². The van der Waals surface area contributed by atoms with Gasteiger partial charge in [-0.2, -0.15) is 0 Å². The van der Waals surface area contributed by atoms with Crippen molar-refractivity contribution >= 4 is 23.2 Å². The predicted octanol–water partition coefficient (Wildman–Crippen LogP) is 4.49. The summed E-state index contributed by atoms with van der Waals surface area (Å²) in [6.07, 6.45) is 5.42. The predicted molar refractivity (Wildman–Crippen MR) is 102 cm³/mol. The number of carbonyl (C=O) groups excluding carboxylic acids is 1. The number of nitrogens with one attached hydrogen (secondary N) is 2. The van der Waals surface area contributed by atoms with Crippen LogP contribution in [-0.4, -0.2) is 20.4 Å². The molecule has 2 aromatic heterocycles. The first kappa shape index (κ1) is 16.7. The smallest absolute Gasteiger partial charge is 0.308 e. The molecule has 0 unspecified atom stereocenters. The monoisotopic (exact) mass is 361 g/mol. The molecule has 0 fully saturated rings. The molecule has 0 atom stereocenters. The third kappa shape index (κ3) is 3.62. The molecule has 4 aromatic rings. The van der Waals surface area contributed by atoms with Crippen molar-refractivity contribution < 1.29 is 9.18 Å². The summed E-state index contributed by atoms with van der Waals surface area (Å²) >= 11 is 0. The maximum Gasteiger partial charge on any atom is 0.323 e. The van der Waals surface area contributed by atoms with Crippen molar-refractivity contribution in [3.8, 4) is 11.3 Å². The van der Waals surface area contributed by atoms with Crippen LogP contribution in [-0.2, 0) is 0 Å². The Labute approximate surface area is 154 Å². The van der Waals surface area contributed by atoms with E-state index < -0.39 is 6.03 Å². The van der Waals surface area contributed by atoms with Gasteiger partial charge in [-0.3, -0.25) is 4.40 Å². The van der Waals surface area contributed by atoms with E-state index in [2.05, 4.69) is 20.6 Å². The van der Waals surface area contributed by atoms with Crippen LogP contribution in [0.1, 0.15) is 5.56 Å². The number of hydrogen-bond acceptors (Lipinski definition) is 3. The molecule has 7 heteroatoms. The average molecular weight is 361 g/mol. The molecule has 134 valence electrons. The Bertz CT molecular complexity index is 1110. The van der Waals surface area contributed by atoms with Crippen molar-refractivity contribution in [2.75, 3.05) is 10.6 Å². The molecule has 0 aliphatic rings. The van der Waals surface area contributed by atoms with Gasteiger partial charge in [0, 0.05) is 35.5 Å². The van der Waals surface area contributed by atoms with Crippen LogP contribution in [0.2, 0.25) is 0 Å². The van der Waals surface area contributed by atoms with Crippen LogP contribution in [0, 0.1) is 12.7 Å². The highest BCUT2D eigenvalue weighted by molar-refractivity contribution is 6.00. The summed E-state index contributed by atoms with van der Waals surface area (Å²) in [5, 5.41) is 5.37. The van der Waals surface area contributed by atoms with Crippen molar-refractivity contribution in [2.24, 2.45) is 0 Å². The van der Waals surface area contributed by atoms with Crippen LogP contribution in [0.4, 0.5) is 20.6 Å². The van der Waals surface area contributed by atoms with Crippen LogP contribution in [0.3, 0.4) is 0 Å². The van der Waals surface area contributed by atoms with E-state index in [0.717, 1.165) is 11.3 Å². The number of imidazole rings is 1. The highest BCUT2D eigenvalue weighted by atomic mass is 19.1. The van der Waals surface area contributed by atoms with Crippen molar-refractivity contribution in [1.82, 2.24) is 14.4 Å². The van der Waals surface area contributed by atoms with Gasteiger partial charge in [0.05, 0.1) is 5.69 Å². The average Bonchev–Trinajstić information content (AvgIpc) is 3.09. The van der Waals surface area contributed by atoms with Crippen molar-refractivity contribution in [3.63, 3.8) is 0 Å². The summed E-state index contributed by atoms with van der Waals surface area (Å²) in [4.78, 5) is 20.9. The third-order valence-corrected chi connectivity index (χ3v) is 4.08. The number of amides is 2. The van der Waals surface area contributed by atoms with Crippen LogP contribution in [0.25, 0.3) is 17.0 Å². The summed E-state index contributed by atoms with van der Waals surface area (Å²) in [7, 11) is 0. The van der Waals surface area contributed by atoms with Crippen molar-refractivity contribution in [1.29, 1.82) is 0 Å². The summed E-state index contributed by atoms with van der Waals surface area (Å²) in [5.74, 6) is 0.236. The molecule has 27 heavy (non-hydrogen) atoms. The number of carbonyl (C=O) groups is 1. The van der Waals surface area contributed by atoms with E-state index in [1.165, 1.54) is 6.07 Å². The SMILES string of the molecule is Cc1ccc(NC(=O)Nc2cccc(-c3cn4cccnc4n3)c2)cc1F. The summed E-state index contributed by atoms with van der Waals surface area (Å²) in [5.41, 5.74) is 3.11. The highest BCUT2D eigenvalue weighted by Crippen LogP contribution is 2.22. The van der Waals surface area contributed by atoms with Gasteiger partial charge in [0.1, 0.15) is 5.82 Å². The lowest BCUT2D eigenvalue weighted by Gasteiger charge is -2.09. The van der Waals surface area contributed by atoms with Gasteiger partial charge < -0.3 is 10.6 Å². The fourth-order valence-electron chi connectivity index (χ4n) is 2.69. The zero-order chi connectivity index (χ0) is 18.8. The number of aromatic nitrogens is 3. The summed E-state index contributed by atoms with van der Waals surface area (Å²) < 4.78 is 15.4. The molecule has 0 saturated carbocycles.